The minimum atomic E-state index is -3.69. The van der Waals surface area contributed by atoms with Crippen LogP contribution in [0.2, 0.25) is 0 Å². The first-order valence-corrected chi connectivity index (χ1v) is 7.57. The molecule has 0 aliphatic rings. The number of benzene rings is 1. The van der Waals surface area contributed by atoms with Crippen LogP contribution in [0.1, 0.15) is 24.1 Å². The van der Waals surface area contributed by atoms with Crippen LogP contribution in [0.25, 0.3) is 0 Å². The number of halogens is 1. The van der Waals surface area contributed by atoms with E-state index in [0.29, 0.717) is 5.56 Å². The largest absolute Gasteiger partial charge is 0.265 e. The molecule has 106 valence electrons. The predicted molar refractivity (Wildman–Crippen MR) is 74.1 cm³/mol. The minimum absolute atomic E-state index is 0.0832. The zero-order valence-corrected chi connectivity index (χ0v) is 12.0. The Morgan fingerprint density at radius 1 is 1.20 bits per heavy atom. The molecule has 2 aromatic rings. The number of rotatable bonds is 4. The highest BCUT2D eigenvalue weighted by atomic mass is 32.2. The number of nitrogens with one attached hydrogen (secondary N) is 1. The van der Waals surface area contributed by atoms with Crippen molar-refractivity contribution in [1.82, 2.24) is 9.71 Å². The van der Waals surface area contributed by atoms with E-state index >= 15 is 0 Å². The van der Waals surface area contributed by atoms with E-state index in [1.54, 1.807) is 38.4 Å². The molecule has 1 heterocycles. The predicted octanol–water partition coefficient (Wildman–Crippen LogP) is 2.57. The van der Waals surface area contributed by atoms with Crippen molar-refractivity contribution in [2.24, 2.45) is 0 Å². The summed E-state index contributed by atoms with van der Waals surface area (Å²) >= 11 is 0. The van der Waals surface area contributed by atoms with E-state index in [1.165, 1.54) is 12.1 Å². The van der Waals surface area contributed by atoms with Crippen molar-refractivity contribution < 1.29 is 12.8 Å². The van der Waals surface area contributed by atoms with Gasteiger partial charge in [0.1, 0.15) is 5.82 Å². The first-order chi connectivity index (χ1) is 9.40. The Balaban J connectivity index is 2.28. The van der Waals surface area contributed by atoms with Crippen LogP contribution in [0.3, 0.4) is 0 Å². The second kappa shape index (κ2) is 5.68. The molecule has 0 fully saturated rings. The van der Waals surface area contributed by atoms with Crippen LogP contribution < -0.4 is 4.72 Å². The van der Waals surface area contributed by atoms with Gasteiger partial charge in [0, 0.05) is 18.4 Å². The van der Waals surface area contributed by atoms with Crippen molar-refractivity contribution in [2.45, 2.75) is 24.8 Å². The minimum Gasteiger partial charge on any atom is -0.265 e. The normalized spacial score (nSPS) is 13.2. The summed E-state index contributed by atoms with van der Waals surface area (Å²) in [6.07, 6.45) is 3.20. The van der Waals surface area contributed by atoms with Crippen LogP contribution in [-0.4, -0.2) is 13.4 Å². The molecule has 1 N–H and O–H groups in total. The first kappa shape index (κ1) is 14.6. The quantitative estimate of drug-likeness (QED) is 0.943. The van der Waals surface area contributed by atoms with Gasteiger partial charge in [0.05, 0.1) is 4.90 Å². The Morgan fingerprint density at radius 2 is 1.85 bits per heavy atom. The van der Waals surface area contributed by atoms with Crippen molar-refractivity contribution in [3.8, 4) is 0 Å². The number of hydrogen-bond acceptors (Lipinski definition) is 3. The van der Waals surface area contributed by atoms with E-state index < -0.39 is 21.9 Å². The summed E-state index contributed by atoms with van der Waals surface area (Å²) in [7, 11) is -3.69. The van der Waals surface area contributed by atoms with Gasteiger partial charge in [0.15, 0.2) is 0 Å². The maximum atomic E-state index is 13.0. The summed E-state index contributed by atoms with van der Waals surface area (Å²) in [5, 5.41) is 0. The molecule has 0 saturated carbocycles. The summed E-state index contributed by atoms with van der Waals surface area (Å²) in [4.78, 5) is 3.97. The smallest absolute Gasteiger partial charge is 0.241 e. The fourth-order valence-corrected chi connectivity index (χ4v) is 3.39. The molecule has 2 rings (SSSR count). The van der Waals surface area contributed by atoms with Crippen LogP contribution in [0.15, 0.2) is 47.6 Å². The molecule has 1 unspecified atom stereocenters. The average Bonchev–Trinajstić information content (AvgIpc) is 2.38. The highest BCUT2D eigenvalue weighted by Crippen LogP contribution is 2.19. The van der Waals surface area contributed by atoms with Crippen molar-refractivity contribution in [1.29, 1.82) is 0 Å². The molecule has 4 nitrogen and oxygen atoms in total. The molecule has 20 heavy (non-hydrogen) atoms. The summed E-state index contributed by atoms with van der Waals surface area (Å²) in [5.74, 6) is -0.455. The van der Waals surface area contributed by atoms with Gasteiger partial charge in [0.2, 0.25) is 10.0 Å². The molecule has 1 aromatic carbocycles. The lowest BCUT2D eigenvalue weighted by Gasteiger charge is -2.15. The molecule has 0 spiro atoms. The number of aryl methyl sites for hydroxylation is 1. The van der Waals surface area contributed by atoms with Gasteiger partial charge in [-0.15, -0.1) is 0 Å². The second-order valence-corrected chi connectivity index (χ2v) is 6.22. The second-order valence-electron chi connectivity index (χ2n) is 4.53. The summed E-state index contributed by atoms with van der Waals surface area (Å²) < 4.78 is 40.2. The van der Waals surface area contributed by atoms with Gasteiger partial charge in [-0.3, -0.25) is 4.98 Å². The Morgan fingerprint density at radius 3 is 2.45 bits per heavy atom. The molecule has 0 saturated heterocycles. The standard InChI is InChI=1S/C14H15FN2O2S/c1-10-9-13(15)3-4-14(10)20(18,19)17-11(2)12-5-7-16-8-6-12/h3-9,11,17H,1-2H3. The Kier molecular flexibility index (Phi) is 4.15. The molecule has 0 aliphatic carbocycles. The van der Waals surface area contributed by atoms with Crippen molar-refractivity contribution in [3.05, 3.63) is 59.7 Å². The number of nitrogens with zero attached hydrogens (tertiary/aromatic N) is 1. The van der Waals surface area contributed by atoms with E-state index in [0.717, 1.165) is 11.6 Å². The number of aromatic nitrogens is 1. The highest BCUT2D eigenvalue weighted by Gasteiger charge is 2.20. The lowest BCUT2D eigenvalue weighted by atomic mass is 10.1. The SMILES string of the molecule is Cc1cc(F)ccc1S(=O)(=O)NC(C)c1ccncc1. The lowest BCUT2D eigenvalue weighted by molar-refractivity contribution is 0.565. The van der Waals surface area contributed by atoms with E-state index in [1.807, 2.05) is 0 Å². The molecule has 0 bridgehead atoms. The third-order valence-electron chi connectivity index (χ3n) is 2.96. The van der Waals surface area contributed by atoms with Crippen molar-refractivity contribution >= 4 is 10.0 Å². The maximum Gasteiger partial charge on any atom is 0.241 e. The third kappa shape index (κ3) is 3.20. The van der Waals surface area contributed by atoms with Gasteiger partial charge >= 0.3 is 0 Å². The van der Waals surface area contributed by atoms with Gasteiger partial charge in [-0.1, -0.05) is 0 Å². The van der Waals surface area contributed by atoms with Gasteiger partial charge in [-0.2, -0.15) is 0 Å². The van der Waals surface area contributed by atoms with E-state index in [2.05, 4.69) is 9.71 Å². The number of pyridine rings is 1. The Hall–Kier alpha value is -1.79. The average molecular weight is 294 g/mol. The summed E-state index contributed by atoms with van der Waals surface area (Å²) in [6, 6.07) is 6.69. The molecule has 0 radical (unpaired) electrons. The molecule has 6 heteroatoms. The Labute approximate surface area is 117 Å². The van der Waals surface area contributed by atoms with Gasteiger partial charge in [0.25, 0.3) is 0 Å². The van der Waals surface area contributed by atoms with Gasteiger partial charge in [-0.25, -0.2) is 17.5 Å². The van der Waals surface area contributed by atoms with Gasteiger partial charge in [-0.05, 0) is 55.3 Å². The fourth-order valence-electron chi connectivity index (χ4n) is 1.93. The topological polar surface area (TPSA) is 59.1 Å². The van der Waals surface area contributed by atoms with Crippen LogP contribution >= 0.6 is 0 Å². The Bertz CT molecular complexity index is 702. The van der Waals surface area contributed by atoms with E-state index in [9.17, 15) is 12.8 Å². The van der Waals surface area contributed by atoms with Crippen molar-refractivity contribution in [3.63, 3.8) is 0 Å². The van der Waals surface area contributed by atoms with Crippen LogP contribution in [0.5, 0.6) is 0 Å². The zero-order valence-electron chi connectivity index (χ0n) is 11.2. The lowest BCUT2D eigenvalue weighted by Crippen LogP contribution is -2.27. The molecular formula is C14H15FN2O2S. The fraction of sp³-hybridized carbons (Fsp3) is 0.214. The van der Waals surface area contributed by atoms with Crippen LogP contribution in [-0.2, 0) is 10.0 Å². The first-order valence-electron chi connectivity index (χ1n) is 6.08. The highest BCUT2D eigenvalue weighted by molar-refractivity contribution is 7.89. The zero-order chi connectivity index (χ0) is 14.8. The van der Waals surface area contributed by atoms with Crippen LogP contribution in [0, 0.1) is 12.7 Å². The van der Waals surface area contributed by atoms with Gasteiger partial charge < -0.3 is 0 Å². The molecular weight excluding hydrogens is 279 g/mol. The number of hydrogen-bond donors (Lipinski definition) is 1. The molecule has 0 aliphatic heterocycles. The number of sulfonamides is 1. The third-order valence-corrected chi connectivity index (χ3v) is 4.67. The molecule has 0 amide bonds. The summed E-state index contributed by atoms with van der Waals surface area (Å²) in [5.41, 5.74) is 1.18. The van der Waals surface area contributed by atoms with Crippen molar-refractivity contribution in [2.75, 3.05) is 0 Å². The molecule has 1 aromatic heterocycles. The summed E-state index contributed by atoms with van der Waals surface area (Å²) in [6.45, 7) is 3.31. The molecule has 1 atom stereocenters. The maximum absolute atomic E-state index is 13.0. The van der Waals surface area contributed by atoms with Crippen LogP contribution in [0.4, 0.5) is 4.39 Å². The van der Waals surface area contributed by atoms with E-state index in [-0.39, 0.29) is 4.90 Å². The monoisotopic (exact) mass is 294 g/mol. The van der Waals surface area contributed by atoms with E-state index in [4.69, 9.17) is 0 Å².